The first-order valence-electron chi connectivity index (χ1n) is 13.0. The molecule has 1 aliphatic heterocycles. The summed E-state index contributed by atoms with van der Waals surface area (Å²) in [7, 11) is 2.65. The number of methoxy groups -OCH3 is 2. The minimum absolute atomic E-state index is 0.320. The fourth-order valence-corrected chi connectivity index (χ4v) is 5.69. The smallest absolute Gasteiger partial charge is 0.336 e. The number of hydrogen-bond acceptors (Lipinski definition) is 9. The number of aromatic nitrogens is 1. The summed E-state index contributed by atoms with van der Waals surface area (Å²) >= 11 is 1.45. The second kappa shape index (κ2) is 12.2. The van der Waals surface area contributed by atoms with E-state index in [2.05, 4.69) is 10.3 Å². The number of nitrogens with one attached hydrogen (secondary N) is 1. The molecule has 3 aromatic carbocycles. The van der Waals surface area contributed by atoms with E-state index in [0.29, 0.717) is 27.8 Å². The van der Waals surface area contributed by atoms with Crippen molar-refractivity contribution in [1.82, 2.24) is 4.98 Å². The predicted octanol–water partition coefficient (Wildman–Crippen LogP) is 7.14. The number of rotatable bonds is 8. The molecule has 0 spiro atoms. The van der Waals surface area contributed by atoms with Crippen LogP contribution in [-0.4, -0.2) is 36.9 Å². The Balaban J connectivity index is 1.43. The molecule has 0 saturated heterocycles. The highest BCUT2D eigenvalue weighted by Gasteiger charge is 2.43. The van der Waals surface area contributed by atoms with Crippen molar-refractivity contribution >= 4 is 39.8 Å². The molecule has 0 aliphatic carbocycles. The number of para-hydroxylation sites is 2. The normalized spacial score (nSPS) is 16.5. The molecule has 1 N–H and O–H groups in total. The van der Waals surface area contributed by atoms with Gasteiger partial charge in [-0.2, -0.15) is 0 Å². The minimum atomic E-state index is -0.788. The highest BCUT2D eigenvalue weighted by molar-refractivity contribution is 7.14. The van der Waals surface area contributed by atoms with Crippen molar-refractivity contribution < 1.29 is 23.8 Å². The van der Waals surface area contributed by atoms with Gasteiger partial charge in [0.15, 0.2) is 5.13 Å². The Morgan fingerprint density at radius 2 is 1.54 bits per heavy atom. The van der Waals surface area contributed by atoms with Gasteiger partial charge in [-0.1, -0.05) is 36.4 Å². The third kappa shape index (κ3) is 5.90. The molecular formula is C32H29N3O5S. The fourth-order valence-electron chi connectivity index (χ4n) is 4.96. The summed E-state index contributed by atoms with van der Waals surface area (Å²) in [5.74, 6) is -0.955. The number of nitrogens with zero attached hydrogens (tertiary/aromatic N) is 2. The first-order chi connectivity index (χ1) is 19.9. The summed E-state index contributed by atoms with van der Waals surface area (Å²) in [5, 5.41) is 6.03. The molecular weight excluding hydrogens is 538 g/mol. The van der Waals surface area contributed by atoms with Crippen LogP contribution in [0.5, 0.6) is 11.5 Å². The Morgan fingerprint density at radius 1 is 0.854 bits per heavy atom. The topological polar surface area (TPSA) is 99.1 Å². The third-order valence-electron chi connectivity index (χ3n) is 6.86. The van der Waals surface area contributed by atoms with Gasteiger partial charge >= 0.3 is 11.9 Å². The van der Waals surface area contributed by atoms with Crippen LogP contribution in [0.25, 0.3) is 11.3 Å². The van der Waals surface area contributed by atoms with Gasteiger partial charge in [-0.3, -0.25) is 9.79 Å². The van der Waals surface area contributed by atoms with Crippen molar-refractivity contribution in [3.63, 3.8) is 0 Å². The Hall–Kier alpha value is -4.76. The van der Waals surface area contributed by atoms with Crippen molar-refractivity contribution in [2.45, 2.75) is 19.8 Å². The first-order valence-corrected chi connectivity index (χ1v) is 13.8. The second-order valence-electron chi connectivity index (χ2n) is 9.41. The van der Waals surface area contributed by atoms with Crippen molar-refractivity contribution in [1.29, 1.82) is 0 Å². The minimum Gasteiger partial charge on any atom is -0.468 e. The molecule has 8 nitrogen and oxygen atoms in total. The number of aliphatic imine (C=N–C) groups is 1. The summed E-state index contributed by atoms with van der Waals surface area (Å²) in [6.07, 6.45) is 0. The predicted molar refractivity (Wildman–Crippen MR) is 160 cm³/mol. The van der Waals surface area contributed by atoms with E-state index < -0.39 is 23.8 Å². The van der Waals surface area contributed by atoms with Crippen LogP contribution in [0, 0.1) is 5.92 Å². The van der Waals surface area contributed by atoms with Gasteiger partial charge in [0.2, 0.25) is 0 Å². The maximum absolute atomic E-state index is 13.0. The highest BCUT2D eigenvalue weighted by Crippen LogP contribution is 2.43. The lowest BCUT2D eigenvalue weighted by atomic mass is 9.75. The summed E-state index contributed by atoms with van der Waals surface area (Å²) in [5.41, 5.74) is 4.59. The third-order valence-corrected chi connectivity index (χ3v) is 7.62. The second-order valence-corrected chi connectivity index (χ2v) is 10.3. The molecule has 0 radical (unpaired) electrons. The van der Waals surface area contributed by atoms with Gasteiger partial charge in [-0.25, -0.2) is 9.78 Å². The lowest BCUT2D eigenvalue weighted by Gasteiger charge is -2.32. The van der Waals surface area contributed by atoms with Crippen molar-refractivity contribution in [3.05, 3.63) is 101 Å². The maximum Gasteiger partial charge on any atom is 0.336 e. The summed E-state index contributed by atoms with van der Waals surface area (Å²) < 4.78 is 16.1. The van der Waals surface area contributed by atoms with Gasteiger partial charge in [0.25, 0.3) is 0 Å². The van der Waals surface area contributed by atoms with Crippen LogP contribution < -0.4 is 10.1 Å². The van der Waals surface area contributed by atoms with Gasteiger partial charge in [0.1, 0.15) is 17.4 Å². The maximum atomic E-state index is 13.0. The van der Waals surface area contributed by atoms with Crippen molar-refractivity contribution in [2.75, 3.05) is 19.5 Å². The average Bonchev–Trinajstić information content (AvgIpc) is 3.46. The molecule has 9 heteroatoms. The monoisotopic (exact) mass is 567 g/mol. The molecule has 4 aromatic rings. The molecule has 1 aliphatic rings. The van der Waals surface area contributed by atoms with E-state index in [4.69, 9.17) is 19.2 Å². The van der Waals surface area contributed by atoms with Crippen LogP contribution in [0.4, 0.5) is 10.8 Å². The molecule has 0 bridgehead atoms. The van der Waals surface area contributed by atoms with Crippen LogP contribution in [-0.2, 0) is 19.1 Å². The number of carbonyl (C=O) groups excluding carboxylic acids is 2. The average molecular weight is 568 g/mol. The van der Waals surface area contributed by atoms with Gasteiger partial charge in [-0.05, 0) is 61.9 Å². The molecule has 2 heterocycles. The molecule has 0 amide bonds. The molecule has 1 aromatic heterocycles. The molecule has 41 heavy (non-hydrogen) atoms. The Bertz CT molecular complexity index is 1630. The van der Waals surface area contributed by atoms with Crippen LogP contribution in [0.15, 0.2) is 101 Å². The lowest BCUT2D eigenvalue weighted by molar-refractivity contribution is -0.143. The fraction of sp³-hybridized carbons (Fsp3) is 0.188. The Kier molecular flexibility index (Phi) is 8.26. The highest BCUT2D eigenvalue weighted by atomic mass is 32.1. The molecule has 5 rings (SSSR count). The zero-order valence-electron chi connectivity index (χ0n) is 23.1. The van der Waals surface area contributed by atoms with Gasteiger partial charge in [-0.15, -0.1) is 11.3 Å². The number of hydrogen-bond donors (Lipinski definition) is 1. The van der Waals surface area contributed by atoms with Crippen molar-refractivity contribution in [2.24, 2.45) is 10.9 Å². The van der Waals surface area contributed by atoms with Gasteiger partial charge in [0, 0.05) is 34.0 Å². The molecule has 2 unspecified atom stereocenters. The molecule has 2 atom stereocenters. The van der Waals surface area contributed by atoms with E-state index in [1.165, 1.54) is 25.6 Å². The molecule has 0 fully saturated rings. The SMILES string of the molecule is COC(=O)C1=C(C)N=C(C)C(C(=O)OC)C1c1ccccc1Nc1nc(-c2ccc(Oc3ccccc3)cc2)cs1. The van der Waals surface area contributed by atoms with Crippen LogP contribution >= 0.6 is 11.3 Å². The largest absolute Gasteiger partial charge is 0.468 e. The number of carbonyl (C=O) groups is 2. The Labute approximate surface area is 242 Å². The number of anilines is 2. The van der Waals surface area contributed by atoms with Crippen molar-refractivity contribution in [3.8, 4) is 22.8 Å². The molecule has 208 valence electrons. The lowest BCUT2D eigenvalue weighted by Crippen LogP contribution is -2.36. The summed E-state index contributed by atoms with van der Waals surface area (Å²) in [6.45, 7) is 3.51. The van der Waals surface area contributed by atoms with Crippen LogP contribution in [0.3, 0.4) is 0 Å². The number of allylic oxidation sites excluding steroid dienone is 1. The molecule has 0 saturated carbocycles. The van der Waals surface area contributed by atoms with Gasteiger partial charge in [0.05, 0.1) is 25.5 Å². The van der Waals surface area contributed by atoms with E-state index in [-0.39, 0.29) is 0 Å². The van der Waals surface area contributed by atoms with E-state index in [0.717, 1.165) is 28.3 Å². The van der Waals surface area contributed by atoms with Crippen LogP contribution in [0.2, 0.25) is 0 Å². The van der Waals surface area contributed by atoms with Crippen LogP contribution in [0.1, 0.15) is 25.3 Å². The van der Waals surface area contributed by atoms with Gasteiger partial charge < -0.3 is 19.5 Å². The van der Waals surface area contributed by atoms with E-state index in [1.807, 2.05) is 84.2 Å². The number of esters is 2. The standard InChI is InChI=1S/C32H29N3O5S/c1-19-27(30(36)38-3)29(28(20(2)33-19)31(37)39-4)24-12-8-9-13-25(24)34-32-35-26(18-41-32)21-14-16-23(17-15-21)40-22-10-6-5-7-11-22/h5-18,27,29H,1-4H3,(H,34,35). The zero-order chi connectivity index (χ0) is 28.9. The van der Waals surface area contributed by atoms with E-state index in [1.54, 1.807) is 13.8 Å². The number of benzene rings is 3. The van der Waals surface area contributed by atoms with E-state index >= 15 is 0 Å². The first kappa shape index (κ1) is 27.8. The number of thiazole rings is 1. The summed E-state index contributed by atoms with van der Waals surface area (Å²) in [6, 6.07) is 24.9. The number of ether oxygens (including phenoxy) is 3. The summed E-state index contributed by atoms with van der Waals surface area (Å²) in [4.78, 5) is 35.2. The quantitative estimate of drug-likeness (QED) is 0.226. The zero-order valence-corrected chi connectivity index (χ0v) is 23.9. The Morgan fingerprint density at radius 3 is 2.24 bits per heavy atom. The van der Waals surface area contributed by atoms with E-state index in [9.17, 15) is 9.59 Å².